The molecule has 0 fully saturated rings. The molecule has 106 heavy (non-hydrogen) atoms. The van der Waals surface area contributed by atoms with Crippen molar-refractivity contribution in [3.63, 3.8) is 0 Å². The molecule has 11 atom stereocenters. The van der Waals surface area contributed by atoms with Gasteiger partial charge in [-0.15, -0.1) is 0 Å². The van der Waals surface area contributed by atoms with Crippen LogP contribution in [0.15, 0.2) is 164 Å². The second kappa shape index (κ2) is 37.9. The smallest absolute Gasteiger partial charge is 0.460 e. The summed E-state index contributed by atoms with van der Waals surface area (Å²) in [5.41, 5.74) is 0.487. The SMILES string of the molecule is C=C/C=C/[C@H](C)[C@H](OCc1ccc(OC)cc1)[C@@H](C)[C@@H](O)CC[C@H](C)C[C@H](C)[C@@H](O[Si](C)(C)C(C)(C)C)[C@@H](C)C=C[C@H](C[C@H](O[Si](CCC(F)(F)C(F)(F)C(F)(F)C(F)(F)C(F)(F)C(F)(F)F)(C(C)C)C(C)C)[C@@H](C)/C=C/COC(c1ccccc1)(c1ccccc1)c1ccccc1)O[Si](C)(C)C(C)(C)C. The first-order chi connectivity index (χ1) is 48.7. The van der Waals surface area contributed by atoms with Crippen molar-refractivity contribution in [2.45, 2.75) is 275 Å². The van der Waals surface area contributed by atoms with Crippen LogP contribution in [0.4, 0.5) is 57.1 Å². The number of alkyl halides is 13. The highest BCUT2D eigenvalue weighted by atomic mass is 28.4. The number of ether oxygens (including phenoxy) is 3. The van der Waals surface area contributed by atoms with E-state index in [1.807, 2.05) is 180 Å². The van der Waals surface area contributed by atoms with E-state index in [0.717, 1.165) is 28.0 Å². The predicted molar refractivity (Wildman–Crippen MR) is 409 cm³/mol. The lowest BCUT2D eigenvalue weighted by molar-refractivity contribution is -0.440. The summed E-state index contributed by atoms with van der Waals surface area (Å²) in [6, 6.07) is 35.2. The van der Waals surface area contributed by atoms with Crippen LogP contribution in [0.3, 0.4) is 0 Å². The maximum absolute atomic E-state index is 16.2. The molecule has 0 radical (unpaired) electrons. The Morgan fingerprint density at radius 3 is 1.42 bits per heavy atom. The summed E-state index contributed by atoms with van der Waals surface area (Å²) in [4.78, 5) is 0. The molecule has 0 aromatic heterocycles. The third-order valence-corrected chi connectivity index (χ3v) is 37.0. The van der Waals surface area contributed by atoms with Crippen molar-refractivity contribution >= 4 is 25.0 Å². The third kappa shape index (κ3) is 22.7. The van der Waals surface area contributed by atoms with Gasteiger partial charge >= 0.3 is 35.8 Å². The number of aliphatic hydroxyl groups excluding tert-OH is 1. The van der Waals surface area contributed by atoms with E-state index in [4.69, 9.17) is 27.5 Å². The molecular formula is C83H121F13O7Si3. The molecule has 7 nitrogen and oxygen atoms in total. The Balaban J connectivity index is 1.88. The molecule has 23 heteroatoms. The van der Waals surface area contributed by atoms with Crippen molar-refractivity contribution in [1.82, 2.24) is 0 Å². The van der Waals surface area contributed by atoms with Crippen LogP contribution < -0.4 is 4.74 Å². The van der Waals surface area contributed by atoms with Gasteiger partial charge in [0, 0.05) is 24.7 Å². The highest BCUT2D eigenvalue weighted by Crippen LogP contribution is 2.62. The summed E-state index contributed by atoms with van der Waals surface area (Å²) in [5.74, 6) is -38.2. The first-order valence-corrected chi connectivity index (χ1v) is 45.1. The van der Waals surface area contributed by atoms with E-state index in [0.29, 0.717) is 25.9 Å². The largest absolute Gasteiger partial charge is 0.497 e. The van der Waals surface area contributed by atoms with Gasteiger partial charge in [-0.2, -0.15) is 57.1 Å². The van der Waals surface area contributed by atoms with Crippen molar-refractivity contribution < 1.29 is 89.7 Å². The number of halogens is 13. The van der Waals surface area contributed by atoms with Crippen LogP contribution in [-0.2, 0) is 35.0 Å². The first-order valence-electron chi connectivity index (χ1n) is 37.1. The molecule has 0 saturated carbocycles. The van der Waals surface area contributed by atoms with Gasteiger partial charge in [-0.25, -0.2) is 0 Å². The fourth-order valence-electron chi connectivity index (χ4n) is 13.4. The second-order valence-electron chi connectivity index (χ2n) is 33.0. The minimum absolute atomic E-state index is 0.0422. The monoisotopic (exact) mass is 1560 g/mol. The van der Waals surface area contributed by atoms with Gasteiger partial charge in [0.25, 0.3) is 0 Å². The molecule has 0 saturated heterocycles. The lowest BCUT2D eigenvalue weighted by Gasteiger charge is -2.46. The molecule has 0 aliphatic rings. The van der Waals surface area contributed by atoms with Crippen LogP contribution in [0.1, 0.15) is 165 Å². The number of benzene rings is 4. The van der Waals surface area contributed by atoms with E-state index in [9.17, 15) is 35.8 Å². The number of hydrogen-bond acceptors (Lipinski definition) is 7. The quantitative estimate of drug-likeness (QED) is 0.0156. The van der Waals surface area contributed by atoms with E-state index in [1.165, 1.54) is 0 Å². The van der Waals surface area contributed by atoms with Crippen LogP contribution in [-0.4, -0.2) is 110 Å². The van der Waals surface area contributed by atoms with E-state index < -0.39 is 119 Å². The van der Waals surface area contributed by atoms with Gasteiger partial charge in [-0.05, 0) is 131 Å². The maximum Gasteiger partial charge on any atom is 0.460 e. The Morgan fingerprint density at radius 1 is 0.509 bits per heavy atom. The van der Waals surface area contributed by atoms with Crippen molar-refractivity contribution in [2.75, 3.05) is 13.7 Å². The summed E-state index contributed by atoms with van der Waals surface area (Å²) in [5, 5.41) is 11.3. The van der Waals surface area contributed by atoms with Crippen LogP contribution in [0.25, 0.3) is 0 Å². The highest BCUT2D eigenvalue weighted by molar-refractivity contribution is 6.76. The van der Waals surface area contributed by atoms with Crippen LogP contribution in [0.2, 0.25) is 53.4 Å². The Morgan fingerprint density at radius 2 is 0.972 bits per heavy atom. The Hall–Kier alpha value is -4.86. The molecule has 0 bridgehead atoms. The molecule has 0 aliphatic heterocycles. The lowest BCUT2D eigenvalue weighted by atomic mass is 9.80. The van der Waals surface area contributed by atoms with Gasteiger partial charge in [0.1, 0.15) is 11.4 Å². The van der Waals surface area contributed by atoms with E-state index in [-0.39, 0.29) is 59.9 Å². The third-order valence-electron chi connectivity index (χ3n) is 22.3. The molecule has 0 aliphatic carbocycles. The van der Waals surface area contributed by atoms with Crippen LogP contribution in [0.5, 0.6) is 5.75 Å². The fraction of sp³-hybridized carbons (Fsp3) is 0.614. The molecule has 0 unspecified atom stereocenters. The zero-order valence-corrected chi connectivity index (χ0v) is 69.2. The molecule has 0 spiro atoms. The number of aliphatic hydroxyl groups is 1. The molecule has 4 aromatic carbocycles. The van der Waals surface area contributed by atoms with Gasteiger partial charge in [0.05, 0.1) is 50.8 Å². The van der Waals surface area contributed by atoms with Gasteiger partial charge < -0.3 is 32.6 Å². The van der Waals surface area contributed by atoms with Crippen LogP contribution in [0, 0.1) is 35.5 Å². The highest BCUT2D eigenvalue weighted by Gasteiger charge is 2.90. The van der Waals surface area contributed by atoms with Crippen molar-refractivity contribution in [2.24, 2.45) is 35.5 Å². The zero-order chi connectivity index (χ0) is 80.7. The van der Waals surface area contributed by atoms with Crippen molar-refractivity contribution in [1.29, 1.82) is 0 Å². The second-order valence-corrected chi connectivity index (χ2v) is 47.4. The standard InChI is InChI=1S/C83H121F13O7Si3/c1-23-24-35-61(8)74(99-56-65-45-48-69(98-18)49-46-65)64(11)71(97)50-43-59(6)54-63(10)73(103-105(21,22)76(15,16)17)62(9)44-47-70(101-104(19,20)75(12,13)14)55-72(60(7)36-34-52-100-78(66-37-28-25-29-38-66,67-39-30-26-31-40-67)68-41-32-27-33-42-68)102-106(57(2)3,58(4)5)53-51-77(84,85)79(86,87)80(88,89)81(90,91)82(92,93)83(94,95)96/h23-42,44-49,57-64,70-74,97H,1,43,50-56H2,2-22H3/b35-24+,36-34+,47-44?/t59-,60-,61-,62-,63-,64-,70+,71-,72-,73-,74-/m0/s1. The molecular weight excluding hydrogens is 1440 g/mol. The summed E-state index contributed by atoms with van der Waals surface area (Å²) in [6.07, 6.45) is 1.74. The Kier molecular flexibility index (Phi) is 33.4. The number of allylic oxidation sites excluding steroid dienone is 2. The molecule has 598 valence electrons. The molecule has 4 rings (SSSR count). The van der Waals surface area contributed by atoms with E-state index in [2.05, 4.69) is 68.1 Å². The Labute approximate surface area is 628 Å². The number of methoxy groups -OCH3 is 1. The van der Waals surface area contributed by atoms with Crippen molar-refractivity contribution in [3.05, 3.63) is 187 Å². The molecule has 1 N–H and O–H groups in total. The summed E-state index contributed by atoms with van der Waals surface area (Å²) in [7, 11) is -8.05. The van der Waals surface area contributed by atoms with Gasteiger partial charge in [-0.3, -0.25) is 0 Å². The minimum atomic E-state index is -8.03. The maximum atomic E-state index is 16.2. The fourth-order valence-corrected chi connectivity index (χ4v) is 20.9. The molecule has 0 amide bonds. The van der Waals surface area contributed by atoms with Gasteiger partial charge in [0.15, 0.2) is 25.0 Å². The summed E-state index contributed by atoms with van der Waals surface area (Å²) in [6.45, 7) is 43.6. The van der Waals surface area contributed by atoms with Crippen LogP contribution >= 0.6 is 0 Å². The first kappa shape index (κ1) is 93.5. The molecule has 0 heterocycles. The number of hydrogen-bond donors (Lipinski definition) is 1. The summed E-state index contributed by atoms with van der Waals surface area (Å²) < 4.78 is 233. The van der Waals surface area contributed by atoms with Gasteiger partial charge in [0.2, 0.25) is 0 Å². The average Bonchev–Trinajstić information content (AvgIpc) is 0.709. The summed E-state index contributed by atoms with van der Waals surface area (Å²) >= 11 is 0. The normalized spacial score (nSPS) is 17.4. The van der Waals surface area contributed by atoms with E-state index in [1.54, 1.807) is 60.0 Å². The average molecular weight is 1560 g/mol. The zero-order valence-electron chi connectivity index (χ0n) is 66.2. The Bertz CT molecular complexity index is 3250. The topological polar surface area (TPSA) is 75.6 Å². The minimum Gasteiger partial charge on any atom is -0.497 e. The molecule has 4 aromatic rings. The predicted octanol–water partition coefficient (Wildman–Crippen LogP) is 25.2. The van der Waals surface area contributed by atoms with E-state index >= 15 is 26.3 Å². The lowest BCUT2D eigenvalue weighted by Crippen LogP contribution is -2.70. The number of rotatable bonds is 43. The van der Waals surface area contributed by atoms with Gasteiger partial charge in [-0.1, -0.05) is 263 Å². The van der Waals surface area contributed by atoms with Crippen molar-refractivity contribution in [3.8, 4) is 5.75 Å².